The molecule has 0 aliphatic heterocycles. The largest absolute Gasteiger partial charge is 0.299 e. The highest BCUT2D eigenvalue weighted by Crippen LogP contribution is 2.40. The number of ketones is 2. The minimum atomic E-state index is -0.293. The summed E-state index contributed by atoms with van der Waals surface area (Å²) in [6, 6.07) is 0. The van der Waals surface area contributed by atoms with Crippen LogP contribution in [0.25, 0.3) is 0 Å². The Bertz CT molecular complexity index is 208. The zero-order valence-corrected chi connectivity index (χ0v) is 7.38. The van der Waals surface area contributed by atoms with Gasteiger partial charge in [0.15, 0.2) is 0 Å². The van der Waals surface area contributed by atoms with E-state index in [0.717, 1.165) is 25.7 Å². The minimum absolute atomic E-state index is 0.0984. The van der Waals surface area contributed by atoms with E-state index < -0.39 is 0 Å². The molecule has 0 unspecified atom stereocenters. The first-order valence-electron chi connectivity index (χ1n) is 4.79. The first kappa shape index (κ1) is 7.96. The lowest BCUT2D eigenvalue weighted by Crippen LogP contribution is -2.21. The van der Waals surface area contributed by atoms with Gasteiger partial charge in [0.25, 0.3) is 0 Å². The zero-order valence-electron chi connectivity index (χ0n) is 7.38. The Morgan fingerprint density at radius 1 is 1.00 bits per heavy atom. The maximum atomic E-state index is 11.5. The Morgan fingerprint density at radius 2 is 1.42 bits per heavy atom. The predicted molar refractivity (Wildman–Crippen MR) is 44.6 cm³/mol. The van der Waals surface area contributed by atoms with Gasteiger partial charge in [-0.2, -0.15) is 0 Å². The van der Waals surface area contributed by atoms with Crippen LogP contribution in [0.5, 0.6) is 0 Å². The van der Waals surface area contributed by atoms with E-state index in [9.17, 15) is 9.59 Å². The summed E-state index contributed by atoms with van der Waals surface area (Å²) in [6.07, 6.45) is 4.18. The van der Waals surface area contributed by atoms with Gasteiger partial charge in [-0.1, -0.05) is 12.8 Å². The van der Waals surface area contributed by atoms with Crippen molar-refractivity contribution < 1.29 is 9.59 Å². The lowest BCUT2D eigenvalue weighted by Gasteiger charge is -2.21. The quantitative estimate of drug-likeness (QED) is 0.512. The van der Waals surface area contributed by atoms with Crippen LogP contribution >= 0.6 is 0 Å². The third-order valence-electron chi connectivity index (χ3n) is 3.35. The summed E-state index contributed by atoms with van der Waals surface area (Å²) in [4.78, 5) is 23.1. The average molecular weight is 166 g/mol. The molecule has 2 aliphatic rings. The highest BCUT2D eigenvalue weighted by atomic mass is 16.2. The molecular weight excluding hydrogens is 152 g/mol. The van der Waals surface area contributed by atoms with E-state index in [2.05, 4.69) is 0 Å². The molecule has 12 heavy (non-hydrogen) atoms. The number of hydrogen-bond donors (Lipinski definition) is 0. The van der Waals surface area contributed by atoms with Gasteiger partial charge in [-0.15, -0.1) is 0 Å². The van der Waals surface area contributed by atoms with Crippen molar-refractivity contribution in [3.05, 3.63) is 0 Å². The van der Waals surface area contributed by atoms with Gasteiger partial charge in [0.2, 0.25) is 0 Å². The number of carbonyl (C=O) groups is 2. The summed E-state index contributed by atoms with van der Waals surface area (Å²) >= 11 is 0. The molecule has 2 rings (SSSR count). The second-order valence-corrected chi connectivity index (χ2v) is 4.02. The molecule has 2 saturated carbocycles. The van der Waals surface area contributed by atoms with Gasteiger partial charge in [-0.05, 0) is 19.8 Å². The van der Waals surface area contributed by atoms with E-state index in [1.807, 2.05) is 0 Å². The molecule has 2 aliphatic carbocycles. The van der Waals surface area contributed by atoms with E-state index in [1.54, 1.807) is 6.92 Å². The van der Waals surface area contributed by atoms with Gasteiger partial charge < -0.3 is 0 Å². The zero-order chi connectivity index (χ0) is 8.72. The van der Waals surface area contributed by atoms with Crippen LogP contribution in [0, 0.1) is 17.8 Å². The molecule has 0 saturated heterocycles. The lowest BCUT2D eigenvalue weighted by atomic mass is 9.81. The van der Waals surface area contributed by atoms with Crippen LogP contribution in [0.1, 0.15) is 32.6 Å². The van der Waals surface area contributed by atoms with Crippen molar-refractivity contribution in [2.24, 2.45) is 17.8 Å². The number of fused-ring (bicyclic) bond motifs is 1. The standard InChI is InChI=1S/C10H14O2/c1-6-9(11)7-4-2-3-5-8(7)10(6)12/h6-8H,2-5H2,1H3/t7-,8-/m0/s1. The Morgan fingerprint density at radius 3 is 1.83 bits per heavy atom. The third-order valence-corrected chi connectivity index (χ3v) is 3.35. The molecule has 0 heterocycles. The number of Topliss-reactive ketones (excluding diaryl/α,β-unsaturated/α-hetero) is 2. The topological polar surface area (TPSA) is 34.1 Å². The summed E-state index contributed by atoms with van der Waals surface area (Å²) in [7, 11) is 0. The number of hydrogen-bond acceptors (Lipinski definition) is 2. The summed E-state index contributed by atoms with van der Waals surface area (Å²) in [6.45, 7) is 1.77. The maximum absolute atomic E-state index is 11.5. The number of rotatable bonds is 0. The summed E-state index contributed by atoms with van der Waals surface area (Å²) in [5.41, 5.74) is 0. The maximum Gasteiger partial charge on any atom is 0.146 e. The highest BCUT2D eigenvalue weighted by molar-refractivity contribution is 6.11. The van der Waals surface area contributed by atoms with Gasteiger partial charge in [0.05, 0.1) is 5.92 Å². The van der Waals surface area contributed by atoms with E-state index in [4.69, 9.17) is 0 Å². The summed E-state index contributed by atoms with van der Waals surface area (Å²) in [5.74, 6) is 0.329. The summed E-state index contributed by atoms with van der Waals surface area (Å²) in [5, 5.41) is 0. The Balaban J connectivity index is 2.25. The molecule has 0 spiro atoms. The van der Waals surface area contributed by atoms with E-state index >= 15 is 0 Å². The molecule has 66 valence electrons. The second-order valence-electron chi connectivity index (χ2n) is 4.02. The number of carbonyl (C=O) groups excluding carboxylic acids is 2. The lowest BCUT2D eigenvalue weighted by molar-refractivity contribution is -0.127. The van der Waals surface area contributed by atoms with E-state index in [-0.39, 0.29) is 29.3 Å². The highest BCUT2D eigenvalue weighted by Gasteiger charge is 2.47. The van der Waals surface area contributed by atoms with E-state index in [1.165, 1.54) is 0 Å². The van der Waals surface area contributed by atoms with Gasteiger partial charge in [-0.3, -0.25) is 9.59 Å². The molecule has 2 fully saturated rings. The van der Waals surface area contributed by atoms with Crippen LogP contribution in [0.3, 0.4) is 0 Å². The van der Waals surface area contributed by atoms with Crippen LogP contribution in [0.2, 0.25) is 0 Å². The Labute approximate surface area is 72.3 Å². The normalized spacial score (nSPS) is 37.1. The monoisotopic (exact) mass is 166 g/mol. The van der Waals surface area contributed by atoms with Gasteiger partial charge in [0.1, 0.15) is 11.6 Å². The molecular formula is C10H14O2. The van der Waals surface area contributed by atoms with Crippen molar-refractivity contribution in [1.82, 2.24) is 0 Å². The van der Waals surface area contributed by atoms with Crippen LogP contribution < -0.4 is 0 Å². The summed E-state index contributed by atoms with van der Waals surface area (Å²) < 4.78 is 0. The first-order chi connectivity index (χ1) is 5.72. The third kappa shape index (κ3) is 0.936. The van der Waals surface area contributed by atoms with Crippen molar-refractivity contribution >= 4 is 11.6 Å². The fourth-order valence-corrected chi connectivity index (χ4v) is 2.59. The molecule has 2 atom stereocenters. The van der Waals surface area contributed by atoms with Crippen molar-refractivity contribution in [3.63, 3.8) is 0 Å². The fourth-order valence-electron chi connectivity index (χ4n) is 2.59. The van der Waals surface area contributed by atoms with Crippen LogP contribution in [0.15, 0.2) is 0 Å². The SMILES string of the molecule is CC1C(=O)[C@H]2CCCC[C@@H]2C1=O. The molecule has 0 bridgehead atoms. The fraction of sp³-hybridized carbons (Fsp3) is 0.800. The van der Waals surface area contributed by atoms with Crippen molar-refractivity contribution in [3.8, 4) is 0 Å². The van der Waals surface area contributed by atoms with Gasteiger partial charge >= 0.3 is 0 Å². The molecule has 0 aromatic rings. The minimum Gasteiger partial charge on any atom is -0.299 e. The van der Waals surface area contributed by atoms with Gasteiger partial charge in [0, 0.05) is 11.8 Å². The molecule has 2 nitrogen and oxygen atoms in total. The van der Waals surface area contributed by atoms with Crippen LogP contribution in [0.4, 0.5) is 0 Å². The molecule has 0 aromatic heterocycles. The molecule has 0 radical (unpaired) electrons. The van der Waals surface area contributed by atoms with Crippen molar-refractivity contribution in [2.75, 3.05) is 0 Å². The van der Waals surface area contributed by atoms with Crippen molar-refractivity contribution in [1.29, 1.82) is 0 Å². The Hall–Kier alpha value is -0.660. The molecule has 0 amide bonds. The molecule has 0 N–H and O–H groups in total. The van der Waals surface area contributed by atoms with Crippen LogP contribution in [-0.4, -0.2) is 11.6 Å². The average Bonchev–Trinajstić information content (AvgIpc) is 2.33. The smallest absolute Gasteiger partial charge is 0.146 e. The second kappa shape index (κ2) is 2.68. The van der Waals surface area contributed by atoms with E-state index in [0.29, 0.717) is 0 Å². The Kier molecular flexibility index (Phi) is 1.78. The van der Waals surface area contributed by atoms with Crippen LogP contribution in [-0.2, 0) is 9.59 Å². The molecule has 0 aromatic carbocycles. The van der Waals surface area contributed by atoms with Gasteiger partial charge in [-0.25, -0.2) is 0 Å². The molecule has 2 heteroatoms. The van der Waals surface area contributed by atoms with Crippen molar-refractivity contribution in [2.45, 2.75) is 32.6 Å². The predicted octanol–water partition coefficient (Wildman–Crippen LogP) is 1.58. The first-order valence-corrected chi connectivity index (χ1v) is 4.79.